The van der Waals surface area contributed by atoms with Gasteiger partial charge in [0.15, 0.2) is 5.89 Å². The Kier molecular flexibility index (Phi) is 3.44. The smallest absolute Gasteiger partial charge is 0.198 e. The van der Waals surface area contributed by atoms with E-state index in [4.69, 9.17) is 4.42 Å². The van der Waals surface area contributed by atoms with Crippen molar-refractivity contribution in [3.63, 3.8) is 0 Å². The van der Waals surface area contributed by atoms with Gasteiger partial charge in [-0.2, -0.15) is 0 Å². The van der Waals surface area contributed by atoms with Crippen LogP contribution < -0.4 is 0 Å². The number of aliphatic hydroxyl groups excluding tert-OH is 1. The molecular weight excluding hydrogens is 218 g/mol. The van der Waals surface area contributed by atoms with E-state index < -0.39 is 6.10 Å². The van der Waals surface area contributed by atoms with E-state index >= 15 is 0 Å². The van der Waals surface area contributed by atoms with Crippen molar-refractivity contribution in [3.8, 4) is 5.75 Å². The monoisotopic (exact) mass is 233 g/mol. The van der Waals surface area contributed by atoms with Crippen molar-refractivity contribution in [3.05, 3.63) is 47.7 Å². The lowest BCUT2D eigenvalue weighted by Gasteiger charge is -2.01. The van der Waals surface area contributed by atoms with Crippen LogP contribution in [0.15, 0.2) is 34.9 Å². The second-order valence-electron chi connectivity index (χ2n) is 4.08. The highest BCUT2D eigenvalue weighted by atomic mass is 16.4. The minimum Gasteiger partial charge on any atom is -0.508 e. The molecule has 0 aliphatic rings. The van der Waals surface area contributed by atoms with Crippen LogP contribution in [-0.2, 0) is 12.8 Å². The molecule has 1 heterocycles. The number of para-hydroxylation sites is 1. The lowest BCUT2D eigenvalue weighted by Crippen LogP contribution is -2.02. The third-order valence-electron chi connectivity index (χ3n) is 2.43. The number of aromatic hydroxyl groups is 1. The number of phenolic OH excluding ortho intramolecular Hbond substituents is 1. The summed E-state index contributed by atoms with van der Waals surface area (Å²) in [7, 11) is 0. The Morgan fingerprint density at radius 1 is 1.35 bits per heavy atom. The summed E-state index contributed by atoms with van der Waals surface area (Å²) in [6, 6.07) is 7.09. The van der Waals surface area contributed by atoms with Crippen molar-refractivity contribution in [2.45, 2.75) is 25.9 Å². The fourth-order valence-electron chi connectivity index (χ4n) is 1.64. The van der Waals surface area contributed by atoms with Gasteiger partial charge in [-0.05, 0) is 13.0 Å². The first-order valence-corrected chi connectivity index (χ1v) is 5.53. The predicted molar refractivity (Wildman–Crippen MR) is 62.8 cm³/mol. The van der Waals surface area contributed by atoms with Crippen LogP contribution in [-0.4, -0.2) is 21.3 Å². The van der Waals surface area contributed by atoms with Crippen molar-refractivity contribution in [2.75, 3.05) is 0 Å². The molecule has 2 N–H and O–H groups in total. The number of aliphatic hydroxyl groups is 1. The van der Waals surface area contributed by atoms with Crippen LogP contribution in [0.4, 0.5) is 0 Å². The molecule has 1 aromatic heterocycles. The Bertz CT molecular complexity index is 491. The van der Waals surface area contributed by atoms with Gasteiger partial charge in [-0.1, -0.05) is 18.2 Å². The number of hydrogen-bond acceptors (Lipinski definition) is 4. The van der Waals surface area contributed by atoms with E-state index in [2.05, 4.69) is 4.98 Å². The predicted octanol–water partition coefficient (Wildman–Crippen LogP) is 1.89. The number of rotatable bonds is 4. The Hall–Kier alpha value is -1.81. The normalized spacial score (nSPS) is 12.6. The molecule has 0 saturated heterocycles. The maximum absolute atomic E-state index is 9.61. The average Bonchev–Trinajstić information content (AvgIpc) is 2.68. The highest BCUT2D eigenvalue weighted by molar-refractivity contribution is 5.33. The molecule has 0 bridgehead atoms. The summed E-state index contributed by atoms with van der Waals surface area (Å²) in [6.45, 7) is 1.70. The van der Waals surface area contributed by atoms with E-state index in [1.807, 2.05) is 12.1 Å². The third kappa shape index (κ3) is 3.07. The number of benzene rings is 1. The molecule has 17 heavy (non-hydrogen) atoms. The lowest BCUT2D eigenvalue weighted by molar-refractivity contribution is 0.186. The zero-order valence-corrected chi connectivity index (χ0v) is 9.63. The molecule has 0 radical (unpaired) electrons. The summed E-state index contributed by atoms with van der Waals surface area (Å²) in [6.07, 6.45) is 2.07. The second kappa shape index (κ2) is 5.01. The van der Waals surface area contributed by atoms with Crippen molar-refractivity contribution < 1.29 is 14.6 Å². The van der Waals surface area contributed by atoms with Crippen molar-refractivity contribution in [2.24, 2.45) is 0 Å². The first-order chi connectivity index (χ1) is 8.15. The van der Waals surface area contributed by atoms with Gasteiger partial charge >= 0.3 is 0 Å². The van der Waals surface area contributed by atoms with Gasteiger partial charge in [-0.3, -0.25) is 0 Å². The first-order valence-electron chi connectivity index (χ1n) is 5.53. The van der Waals surface area contributed by atoms with Gasteiger partial charge in [0, 0.05) is 12.0 Å². The fourth-order valence-corrected chi connectivity index (χ4v) is 1.64. The van der Waals surface area contributed by atoms with E-state index in [1.165, 1.54) is 0 Å². The lowest BCUT2D eigenvalue weighted by atomic mass is 10.1. The number of hydrogen-bond donors (Lipinski definition) is 2. The molecule has 1 aromatic carbocycles. The summed E-state index contributed by atoms with van der Waals surface area (Å²) in [4.78, 5) is 4.12. The fraction of sp³-hybridized carbons (Fsp3) is 0.308. The highest BCUT2D eigenvalue weighted by Crippen LogP contribution is 2.19. The van der Waals surface area contributed by atoms with Crippen LogP contribution in [0, 0.1) is 0 Å². The zero-order chi connectivity index (χ0) is 12.3. The number of aromatic nitrogens is 1. The van der Waals surface area contributed by atoms with Crippen molar-refractivity contribution in [1.29, 1.82) is 0 Å². The number of nitrogens with zero attached hydrogens (tertiary/aromatic N) is 1. The standard InChI is InChI=1S/C13H15NO3/c1-9(15)6-11-8-14-13(17-11)7-10-4-2-3-5-12(10)16/h2-5,8-9,15-16H,6-7H2,1H3. The molecule has 0 aliphatic heterocycles. The van der Waals surface area contributed by atoms with Crippen LogP contribution in [0.3, 0.4) is 0 Å². The van der Waals surface area contributed by atoms with E-state index in [0.717, 1.165) is 5.56 Å². The topological polar surface area (TPSA) is 66.5 Å². The summed E-state index contributed by atoms with van der Waals surface area (Å²) >= 11 is 0. The Labute approximate surface area is 99.6 Å². The van der Waals surface area contributed by atoms with Gasteiger partial charge in [0.2, 0.25) is 0 Å². The molecule has 0 saturated carbocycles. The van der Waals surface area contributed by atoms with Gasteiger partial charge in [0.25, 0.3) is 0 Å². The van der Waals surface area contributed by atoms with Gasteiger partial charge in [-0.15, -0.1) is 0 Å². The van der Waals surface area contributed by atoms with Gasteiger partial charge in [-0.25, -0.2) is 4.98 Å². The summed E-state index contributed by atoms with van der Waals surface area (Å²) < 4.78 is 5.47. The minimum absolute atomic E-state index is 0.239. The molecule has 2 aromatic rings. The molecular formula is C13H15NO3. The maximum atomic E-state index is 9.61. The highest BCUT2D eigenvalue weighted by Gasteiger charge is 2.09. The van der Waals surface area contributed by atoms with Crippen LogP contribution >= 0.6 is 0 Å². The zero-order valence-electron chi connectivity index (χ0n) is 9.63. The van der Waals surface area contributed by atoms with Crippen molar-refractivity contribution >= 4 is 0 Å². The van der Waals surface area contributed by atoms with Crippen LogP contribution in [0.1, 0.15) is 24.1 Å². The van der Waals surface area contributed by atoms with Crippen LogP contribution in [0.5, 0.6) is 5.75 Å². The average molecular weight is 233 g/mol. The van der Waals surface area contributed by atoms with Gasteiger partial charge in [0.1, 0.15) is 11.5 Å². The summed E-state index contributed by atoms with van der Waals surface area (Å²) in [5.74, 6) is 1.44. The molecule has 2 rings (SSSR count). The Balaban J connectivity index is 2.09. The largest absolute Gasteiger partial charge is 0.508 e. The Morgan fingerprint density at radius 3 is 2.82 bits per heavy atom. The Morgan fingerprint density at radius 2 is 2.12 bits per heavy atom. The first kappa shape index (κ1) is 11.7. The van der Waals surface area contributed by atoms with Gasteiger partial charge < -0.3 is 14.6 Å². The van der Waals surface area contributed by atoms with E-state index in [1.54, 1.807) is 25.3 Å². The number of oxazole rings is 1. The molecule has 0 amide bonds. The SMILES string of the molecule is CC(O)Cc1cnc(Cc2ccccc2O)o1. The van der Waals surface area contributed by atoms with Crippen molar-refractivity contribution in [1.82, 2.24) is 4.98 Å². The quantitative estimate of drug-likeness (QED) is 0.846. The van der Waals surface area contributed by atoms with Gasteiger partial charge in [0.05, 0.1) is 18.7 Å². The molecule has 0 fully saturated rings. The third-order valence-corrected chi connectivity index (χ3v) is 2.43. The molecule has 90 valence electrons. The summed E-state index contributed by atoms with van der Waals surface area (Å²) in [5.41, 5.74) is 0.776. The second-order valence-corrected chi connectivity index (χ2v) is 4.08. The van der Waals surface area contributed by atoms with E-state index in [9.17, 15) is 10.2 Å². The molecule has 1 unspecified atom stereocenters. The minimum atomic E-state index is -0.444. The molecule has 0 aliphatic carbocycles. The van der Waals surface area contributed by atoms with Crippen LogP contribution in [0.25, 0.3) is 0 Å². The van der Waals surface area contributed by atoms with E-state index in [-0.39, 0.29) is 5.75 Å². The molecule has 1 atom stereocenters. The number of phenols is 1. The molecule has 4 nitrogen and oxygen atoms in total. The molecule has 0 spiro atoms. The molecule has 4 heteroatoms. The maximum Gasteiger partial charge on any atom is 0.198 e. The summed E-state index contributed by atoms with van der Waals surface area (Å²) in [5, 5.41) is 18.8. The van der Waals surface area contributed by atoms with E-state index in [0.29, 0.717) is 24.5 Å². The van der Waals surface area contributed by atoms with Crippen LogP contribution in [0.2, 0.25) is 0 Å².